The van der Waals surface area contributed by atoms with Gasteiger partial charge in [0.15, 0.2) is 0 Å². The smallest absolute Gasteiger partial charge is 0.321 e. The first kappa shape index (κ1) is 15.3. The van der Waals surface area contributed by atoms with Crippen LogP contribution in [0, 0.1) is 12.7 Å². The molecule has 1 saturated carbocycles. The average molecular weight is 293 g/mol. The Kier molecular flexibility index (Phi) is 5.14. The number of anilines is 1. The van der Waals surface area contributed by atoms with Gasteiger partial charge in [-0.3, -0.25) is 10.1 Å². The normalized spacial score (nSPS) is 14.8. The molecule has 21 heavy (non-hydrogen) atoms. The molecule has 3 N–H and O–H groups in total. The molecule has 5 nitrogen and oxygen atoms in total. The molecule has 0 unspecified atom stereocenters. The lowest BCUT2D eigenvalue weighted by atomic mass is 10.2. The van der Waals surface area contributed by atoms with Gasteiger partial charge in [-0.1, -0.05) is 12.8 Å². The SMILES string of the molecule is Cc1cc(F)ccc1NCC(=O)NC(=O)NC1CCCC1. The summed E-state index contributed by atoms with van der Waals surface area (Å²) >= 11 is 0. The summed E-state index contributed by atoms with van der Waals surface area (Å²) in [6, 6.07) is 3.98. The minimum absolute atomic E-state index is 0.0371. The number of rotatable bonds is 4. The lowest BCUT2D eigenvalue weighted by molar-refractivity contribution is -0.118. The molecule has 0 spiro atoms. The zero-order valence-corrected chi connectivity index (χ0v) is 12.0. The average Bonchev–Trinajstić information content (AvgIpc) is 2.90. The molecule has 2 rings (SSSR count). The van der Waals surface area contributed by atoms with Crippen LogP contribution in [0.4, 0.5) is 14.9 Å². The van der Waals surface area contributed by atoms with Gasteiger partial charge in [0.05, 0.1) is 6.54 Å². The van der Waals surface area contributed by atoms with E-state index in [-0.39, 0.29) is 18.4 Å². The lowest BCUT2D eigenvalue weighted by Gasteiger charge is -2.13. The molecule has 6 heteroatoms. The molecule has 0 radical (unpaired) electrons. The number of aryl methyl sites for hydroxylation is 1. The minimum atomic E-state index is -0.454. The topological polar surface area (TPSA) is 70.2 Å². The number of nitrogens with one attached hydrogen (secondary N) is 3. The van der Waals surface area contributed by atoms with Crippen molar-refractivity contribution in [2.45, 2.75) is 38.6 Å². The van der Waals surface area contributed by atoms with Crippen LogP contribution in [0.15, 0.2) is 18.2 Å². The van der Waals surface area contributed by atoms with Crippen LogP contribution in [0.25, 0.3) is 0 Å². The highest BCUT2D eigenvalue weighted by Crippen LogP contribution is 2.17. The van der Waals surface area contributed by atoms with Crippen LogP contribution in [0.1, 0.15) is 31.2 Å². The Labute approximate surface area is 123 Å². The molecule has 1 fully saturated rings. The van der Waals surface area contributed by atoms with Gasteiger partial charge in [-0.25, -0.2) is 9.18 Å². The van der Waals surface area contributed by atoms with Crippen molar-refractivity contribution in [2.75, 3.05) is 11.9 Å². The van der Waals surface area contributed by atoms with E-state index < -0.39 is 11.9 Å². The van der Waals surface area contributed by atoms with Crippen molar-refractivity contribution in [3.63, 3.8) is 0 Å². The molecule has 0 aromatic heterocycles. The van der Waals surface area contributed by atoms with Crippen molar-refractivity contribution in [1.29, 1.82) is 0 Å². The van der Waals surface area contributed by atoms with Crippen molar-refractivity contribution in [2.24, 2.45) is 0 Å². The number of hydrogen-bond donors (Lipinski definition) is 3. The van der Waals surface area contributed by atoms with Crippen molar-refractivity contribution in [3.05, 3.63) is 29.6 Å². The van der Waals surface area contributed by atoms with Gasteiger partial charge in [0, 0.05) is 11.7 Å². The standard InChI is InChI=1S/C15H20FN3O2/c1-10-8-11(16)6-7-13(10)17-9-14(20)19-15(21)18-12-4-2-3-5-12/h6-8,12,17H,2-5,9H2,1H3,(H2,18,19,20,21). The molecule has 1 aromatic carbocycles. The van der Waals surface area contributed by atoms with Gasteiger partial charge >= 0.3 is 6.03 Å². The van der Waals surface area contributed by atoms with Crippen LogP contribution in [0.5, 0.6) is 0 Å². The van der Waals surface area contributed by atoms with Gasteiger partial charge in [-0.05, 0) is 43.5 Å². The number of carbonyl (C=O) groups is 2. The molecule has 114 valence electrons. The molecular formula is C15H20FN3O2. The summed E-state index contributed by atoms with van der Waals surface area (Å²) in [6.45, 7) is 1.71. The Morgan fingerprint density at radius 2 is 2.00 bits per heavy atom. The van der Waals surface area contributed by atoms with Crippen molar-refractivity contribution < 1.29 is 14.0 Å². The number of benzene rings is 1. The number of hydrogen-bond acceptors (Lipinski definition) is 3. The highest BCUT2D eigenvalue weighted by Gasteiger charge is 2.18. The Morgan fingerprint density at radius 1 is 1.29 bits per heavy atom. The summed E-state index contributed by atoms with van der Waals surface area (Å²) in [5.41, 5.74) is 1.38. The van der Waals surface area contributed by atoms with Gasteiger partial charge < -0.3 is 10.6 Å². The predicted octanol–water partition coefficient (Wildman–Crippen LogP) is 2.31. The van der Waals surface area contributed by atoms with E-state index in [1.54, 1.807) is 13.0 Å². The molecule has 0 atom stereocenters. The summed E-state index contributed by atoms with van der Waals surface area (Å²) in [4.78, 5) is 23.3. The van der Waals surface area contributed by atoms with E-state index in [0.717, 1.165) is 25.7 Å². The van der Waals surface area contributed by atoms with E-state index in [1.807, 2.05) is 0 Å². The molecule has 1 aromatic rings. The van der Waals surface area contributed by atoms with Crippen molar-refractivity contribution >= 4 is 17.6 Å². The highest BCUT2D eigenvalue weighted by molar-refractivity contribution is 5.96. The minimum Gasteiger partial charge on any atom is -0.376 e. The maximum absolute atomic E-state index is 13.0. The number of carbonyl (C=O) groups excluding carboxylic acids is 2. The van der Waals surface area contributed by atoms with Gasteiger partial charge in [0.25, 0.3) is 0 Å². The van der Waals surface area contributed by atoms with Crippen molar-refractivity contribution in [1.82, 2.24) is 10.6 Å². The van der Waals surface area contributed by atoms with E-state index in [1.165, 1.54) is 12.1 Å². The fraction of sp³-hybridized carbons (Fsp3) is 0.467. The van der Waals surface area contributed by atoms with Crippen LogP contribution in [-0.4, -0.2) is 24.5 Å². The molecule has 0 aliphatic heterocycles. The molecule has 1 aliphatic carbocycles. The zero-order chi connectivity index (χ0) is 15.2. The monoisotopic (exact) mass is 293 g/mol. The van der Waals surface area contributed by atoms with Gasteiger partial charge in [0.2, 0.25) is 5.91 Å². The van der Waals surface area contributed by atoms with Gasteiger partial charge in [-0.15, -0.1) is 0 Å². The predicted molar refractivity (Wildman–Crippen MR) is 78.6 cm³/mol. The van der Waals surface area contributed by atoms with Crippen LogP contribution in [0.3, 0.4) is 0 Å². The fourth-order valence-electron chi connectivity index (χ4n) is 2.46. The first-order valence-electron chi connectivity index (χ1n) is 7.15. The van der Waals surface area contributed by atoms with Crippen molar-refractivity contribution in [3.8, 4) is 0 Å². The number of halogens is 1. The first-order valence-corrected chi connectivity index (χ1v) is 7.15. The third kappa shape index (κ3) is 4.73. The van der Waals surface area contributed by atoms with Crippen LogP contribution in [-0.2, 0) is 4.79 Å². The van der Waals surface area contributed by atoms with Crippen LogP contribution < -0.4 is 16.0 Å². The molecule has 1 aliphatic rings. The highest BCUT2D eigenvalue weighted by atomic mass is 19.1. The second-order valence-corrected chi connectivity index (χ2v) is 5.32. The second kappa shape index (κ2) is 7.06. The lowest BCUT2D eigenvalue weighted by Crippen LogP contribution is -2.45. The summed E-state index contributed by atoms with van der Waals surface area (Å²) in [7, 11) is 0. The fourth-order valence-corrected chi connectivity index (χ4v) is 2.46. The third-order valence-corrected chi connectivity index (χ3v) is 3.57. The van der Waals surface area contributed by atoms with E-state index in [0.29, 0.717) is 11.3 Å². The number of urea groups is 1. The maximum Gasteiger partial charge on any atom is 0.321 e. The Balaban J connectivity index is 1.75. The quantitative estimate of drug-likeness (QED) is 0.798. The number of imide groups is 1. The first-order chi connectivity index (χ1) is 10.0. The largest absolute Gasteiger partial charge is 0.376 e. The zero-order valence-electron chi connectivity index (χ0n) is 12.0. The Morgan fingerprint density at radius 3 is 2.67 bits per heavy atom. The summed E-state index contributed by atoms with van der Waals surface area (Å²) in [5, 5.41) is 7.94. The molecular weight excluding hydrogens is 273 g/mol. The summed E-state index contributed by atoms with van der Waals surface area (Å²) in [6.07, 6.45) is 4.16. The molecule has 0 saturated heterocycles. The molecule has 3 amide bonds. The van der Waals surface area contributed by atoms with E-state index in [4.69, 9.17) is 0 Å². The maximum atomic E-state index is 13.0. The number of amides is 3. The van der Waals surface area contributed by atoms with Gasteiger partial charge in [0.1, 0.15) is 5.82 Å². The second-order valence-electron chi connectivity index (χ2n) is 5.32. The Bertz CT molecular complexity index is 528. The van der Waals surface area contributed by atoms with Gasteiger partial charge in [-0.2, -0.15) is 0 Å². The van der Waals surface area contributed by atoms with Crippen LogP contribution >= 0.6 is 0 Å². The van der Waals surface area contributed by atoms with E-state index in [2.05, 4.69) is 16.0 Å². The third-order valence-electron chi connectivity index (χ3n) is 3.57. The summed E-state index contributed by atoms with van der Waals surface area (Å²) < 4.78 is 13.0. The van der Waals surface area contributed by atoms with E-state index in [9.17, 15) is 14.0 Å². The molecule has 0 bridgehead atoms. The Hall–Kier alpha value is -2.11. The summed E-state index contributed by atoms with van der Waals surface area (Å²) in [5.74, 6) is -0.743. The van der Waals surface area contributed by atoms with Crippen LogP contribution in [0.2, 0.25) is 0 Å². The molecule has 0 heterocycles. The van der Waals surface area contributed by atoms with E-state index >= 15 is 0 Å².